The Labute approximate surface area is 171 Å². The van der Waals surface area contributed by atoms with Crippen molar-refractivity contribution in [2.45, 2.75) is 17.7 Å². The minimum absolute atomic E-state index is 0.0408. The Hall–Kier alpha value is -2.17. The standard InChI is InChI=1S/C19H28N4O5S/c1-21(2)19(25)22-9-7-15(8-10-22)18(24)20-16-3-5-17(6-4-16)29(26,27)23-11-13-28-14-12-23/h3-6,15H,7-14H2,1-2H3,(H,20,24). The molecule has 1 aromatic carbocycles. The molecule has 0 unspecified atom stereocenters. The van der Waals surface area contributed by atoms with Crippen LogP contribution in [0.5, 0.6) is 0 Å². The summed E-state index contributed by atoms with van der Waals surface area (Å²) in [7, 11) is -0.125. The molecule has 0 atom stereocenters. The smallest absolute Gasteiger partial charge is 0.319 e. The summed E-state index contributed by atoms with van der Waals surface area (Å²) in [5.74, 6) is -0.274. The molecule has 0 bridgehead atoms. The van der Waals surface area contributed by atoms with E-state index < -0.39 is 10.0 Å². The average molecular weight is 425 g/mol. The summed E-state index contributed by atoms with van der Waals surface area (Å²) in [5, 5.41) is 2.86. The highest BCUT2D eigenvalue weighted by molar-refractivity contribution is 7.89. The largest absolute Gasteiger partial charge is 0.379 e. The van der Waals surface area contributed by atoms with E-state index in [1.54, 1.807) is 31.1 Å². The van der Waals surface area contributed by atoms with Crippen LogP contribution in [0.25, 0.3) is 0 Å². The molecule has 29 heavy (non-hydrogen) atoms. The van der Waals surface area contributed by atoms with E-state index in [0.717, 1.165) is 0 Å². The zero-order valence-electron chi connectivity index (χ0n) is 16.8. The van der Waals surface area contributed by atoms with E-state index in [0.29, 0.717) is 57.9 Å². The second-order valence-corrected chi connectivity index (χ2v) is 9.41. The molecule has 2 saturated heterocycles. The monoisotopic (exact) mass is 424 g/mol. The number of hydrogen-bond donors (Lipinski definition) is 1. The molecule has 0 radical (unpaired) electrons. The van der Waals surface area contributed by atoms with Gasteiger partial charge in [0.1, 0.15) is 0 Å². The van der Waals surface area contributed by atoms with E-state index in [4.69, 9.17) is 4.74 Å². The fraction of sp³-hybridized carbons (Fsp3) is 0.579. The van der Waals surface area contributed by atoms with Crippen LogP contribution in [0.4, 0.5) is 10.5 Å². The van der Waals surface area contributed by atoms with Gasteiger partial charge in [-0.2, -0.15) is 4.31 Å². The molecule has 1 aromatic rings. The normalized spacial score (nSPS) is 19.0. The Morgan fingerprint density at radius 2 is 1.62 bits per heavy atom. The molecule has 3 rings (SSSR count). The lowest BCUT2D eigenvalue weighted by Gasteiger charge is -2.33. The number of carbonyl (C=O) groups excluding carboxylic acids is 2. The lowest BCUT2D eigenvalue weighted by molar-refractivity contribution is -0.121. The lowest BCUT2D eigenvalue weighted by Crippen LogP contribution is -2.45. The van der Waals surface area contributed by atoms with E-state index in [9.17, 15) is 18.0 Å². The molecule has 2 heterocycles. The molecule has 3 amide bonds. The van der Waals surface area contributed by atoms with Gasteiger partial charge in [-0.1, -0.05) is 0 Å². The zero-order chi connectivity index (χ0) is 21.0. The van der Waals surface area contributed by atoms with Gasteiger partial charge in [-0.05, 0) is 37.1 Å². The topological polar surface area (TPSA) is 99.3 Å². The van der Waals surface area contributed by atoms with Gasteiger partial charge in [-0.15, -0.1) is 0 Å². The molecule has 1 N–H and O–H groups in total. The average Bonchev–Trinajstić information content (AvgIpc) is 2.74. The molecule has 2 aliphatic rings. The van der Waals surface area contributed by atoms with E-state index >= 15 is 0 Å². The van der Waals surface area contributed by atoms with E-state index in [1.807, 2.05) is 0 Å². The van der Waals surface area contributed by atoms with Crippen molar-refractivity contribution in [1.29, 1.82) is 0 Å². The number of rotatable bonds is 4. The third kappa shape index (κ3) is 5.06. The van der Waals surface area contributed by atoms with E-state index in [1.165, 1.54) is 21.3 Å². The zero-order valence-corrected chi connectivity index (χ0v) is 17.7. The first kappa shape index (κ1) is 21.5. The number of hydrogen-bond acceptors (Lipinski definition) is 5. The number of nitrogens with one attached hydrogen (secondary N) is 1. The number of anilines is 1. The van der Waals surface area contributed by atoms with Crippen molar-refractivity contribution in [2.75, 3.05) is 58.8 Å². The van der Waals surface area contributed by atoms with Crippen molar-refractivity contribution < 1.29 is 22.7 Å². The molecule has 0 spiro atoms. The molecule has 2 aliphatic heterocycles. The van der Waals surface area contributed by atoms with Crippen LogP contribution >= 0.6 is 0 Å². The molecular formula is C19H28N4O5S. The van der Waals surface area contributed by atoms with Crippen molar-refractivity contribution in [3.63, 3.8) is 0 Å². The molecule has 0 aliphatic carbocycles. The number of nitrogens with zero attached hydrogens (tertiary/aromatic N) is 3. The second-order valence-electron chi connectivity index (χ2n) is 7.47. The van der Waals surface area contributed by atoms with Crippen molar-refractivity contribution in [3.8, 4) is 0 Å². The Kier molecular flexibility index (Phi) is 6.76. The summed E-state index contributed by atoms with van der Waals surface area (Å²) in [6.07, 6.45) is 1.21. The first-order valence-electron chi connectivity index (χ1n) is 9.74. The predicted octanol–water partition coefficient (Wildman–Crippen LogP) is 1.04. The number of carbonyl (C=O) groups is 2. The summed E-state index contributed by atoms with van der Waals surface area (Å²) >= 11 is 0. The van der Waals surface area contributed by atoms with Crippen LogP contribution in [0.15, 0.2) is 29.2 Å². The quantitative estimate of drug-likeness (QED) is 0.779. The number of likely N-dealkylation sites (tertiary alicyclic amines) is 1. The van der Waals surface area contributed by atoms with Gasteiger partial charge in [0, 0.05) is 51.9 Å². The highest BCUT2D eigenvalue weighted by Crippen LogP contribution is 2.22. The number of piperidine rings is 1. The van der Waals surface area contributed by atoms with Crippen LogP contribution in [0, 0.1) is 5.92 Å². The van der Waals surface area contributed by atoms with Crippen LogP contribution in [-0.2, 0) is 19.6 Å². The van der Waals surface area contributed by atoms with Crippen molar-refractivity contribution >= 4 is 27.6 Å². The van der Waals surface area contributed by atoms with Gasteiger partial charge in [0.15, 0.2) is 0 Å². The van der Waals surface area contributed by atoms with Gasteiger partial charge in [0.2, 0.25) is 15.9 Å². The van der Waals surface area contributed by atoms with Crippen LogP contribution in [0.1, 0.15) is 12.8 Å². The number of morpholine rings is 1. The fourth-order valence-electron chi connectivity index (χ4n) is 3.51. The summed E-state index contributed by atoms with van der Waals surface area (Å²) in [6, 6.07) is 6.20. The number of ether oxygens (including phenoxy) is 1. The highest BCUT2D eigenvalue weighted by Gasteiger charge is 2.29. The maximum Gasteiger partial charge on any atom is 0.319 e. The van der Waals surface area contributed by atoms with Crippen LogP contribution in [0.3, 0.4) is 0 Å². The van der Waals surface area contributed by atoms with Gasteiger partial charge < -0.3 is 19.9 Å². The molecule has 160 valence electrons. The van der Waals surface area contributed by atoms with E-state index in [2.05, 4.69) is 5.32 Å². The fourth-order valence-corrected chi connectivity index (χ4v) is 4.91. The molecule has 0 aromatic heterocycles. The van der Waals surface area contributed by atoms with Gasteiger partial charge in [-0.3, -0.25) is 4.79 Å². The number of benzene rings is 1. The third-order valence-electron chi connectivity index (χ3n) is 5.25. The Bertz CT molecular complexity index is 827. The summed E-state index contributed by atoms with van der Waals surface area (Å²) in [5.41, 5.74) is 0.558. The predicted molar refractivity (Wildman–Crippen MR) is 108 cm³/mol. The van der Waals surface area contributed by atoms with Gasteiger partial charge >= 0.3 is 6.03 Å². The van der Waals surface area contributed by atoms with E-state index in [-0.39, 0.29) is 22.8 Å². The maximum absolute atomic E-state index is 12.6. The molecule has 10 heteroatoms. The minimum Gasteiger partial charge on any atom is -0.379 e. The first-order chi connectivity index (χ1) is 13.8. The lowest BCUT2D eigenvalue weighted by atomic mass is 9.96. The molecule has 0 saturated carbocycles. The summed E-state index contributed by atoms with van der Waals surface area (Å²) in [6.45, 7) is 2.57. The second kappa shape index (κ2) is 9.10. The number of sulfonamides is 1. The Morgan fingerprint density at radius 1 is 1.03 bits per heavy atom. The van der Waals surface area contributed by atoms with Crippen LogP contribution < -0.4 is 5.32 Å². The summed E-state index contributed by atoms with van der Waals surface area (Å²) in [4.78, 5) is 28.0. The Balaban J connectivity index is 1.56. The SMILES string of the molecule is CN(C)C(=O)N1CCC(C(=O)Nc2ccc(S(=O)(=O)N3CCOCC3)cc2)CC1. The number of amides is 3. The molecular weight excluding hydrogens is 396 g/mol. The molecule has 9 nitrogen and oxygen atoms in total. The minimum atomic E-state index is -3.55. The van der Waals surface area contributed by atoms with Crippen molar-refractivity contribution in [2.24, 2.45) is 5.92 Å². The van der Waals surface area contributed by atoms with Crippen molar-refractivity contribution in [3.05, 3.63) is 24.3 Å². The Morgan fingerprint density at radius 3 is 2.17 bits per heavy atom. The summed E-state index contributed by atoms with van der Waals surface area (Å²) < 4.78 is 31.9. The van der Waals surface area contributed by atoms with Crippen LogP contribution in [-0.4, -0.2) is 87.9 Å². The first-order valence-corrected chi connectivity index (χ1v) is 11.2. The molecule has 2 fully saturated rings. The number of urea groups is 1. The van der Waals surface area contributed by atoms with Crippen LogP contribution in [0.2, 0.25) is 0 Å². The van der Waals surface area contributed by atoms with Gasteiger partial charge in [0.25, 0.3) is 0 Å². The third-order valence-corrected chi connectivity index (χ3v) is 7.16. The van der Waals surface area contributed by atoms with Crippen molar-refractivity contribution in [1.82, 2.24) is 14.1 Å². The maximum atomic E-state index is 12.6. The van der Waals surface area contributed by atoms with Gasteiger partial charge in [0.05, 0.1) is 18.1 Å². The van der Waals surface area contributed by atoms with Gasteiger partial charge in [-0.25, -0.2) is 13.2 Å². The highest BCUT2D eigenvalue weighted by atomic mass is 32.2.